The highest BCUT2D eigenvalue weighted by molar-refractivity contribution is 14.2. The first-order valence-electron chi connectivity index (χ1n) is 7.59. The van der Waals surface area contributed by atoms with Crippen molar-refractivity contribution in [3.8, 4) is 6.07 Å². The fourth-order valence-corrected chi connectivity index (χ4v) is 5.03. The number of halogens is 2. The molecule has 1 saturated heterocycles. The zero-order chi connectivity index (χ0) is 16.6. The molecule has 0 atom stereocenters. The molecule has 2 aliphatic heterocycles. The highest BCUT2D eigenvalue weighted by Gasteiger charge is 2.37. The van der Waals surface area contributed by atoms with E-state index in [1.165, 1.54) is 0 Å². The molecule has 2 aliphatic rings. The number of rotatable bonds is 2. The maximum Gasteiger partial charge on any atom is 0.167 e. The molecule has 0 radical (unpaired) electrons. The van der Waals surface area contributed by atoms with Crippen LogP contribution in [0.1, 0.15) is 18.4 Å². The van der Waals surface area contributed by atoms with Gasteiger partial charge in [0.15, 0.2) is 17.3 Å². The molecule has 2 aromatic rings. The first kappa shape index (κ1) is 15.9. The Labute approximate surface area is 158 Å². The van der Waals surface area contributed by atoms with Crippen LogP contribution in [0.3, 0.4) is 0 Å². The second-order valence-corrected chi connectivity index (χ2v) is 8.27. The van der Waals surface area contributed by atoms with Gasteiger partial charge in [0.2, 0.25) is 0 Å². The average molecular weight is 497 g/mol. The zero-order valence-electron chi connectivity index (χ0n) is 12.7. The lowest BCUT2D eigenvalue weighted by Gasteiger charge is -2.38. The molecule has 0 amide bonds. The Bertz CT molecular complexity index is 854. The number of hydrogen-bond acceptors (Lipinski definition) is 6. The second-order valence-electron chi connectivity index (χ2n) is 5.85. The van der Waals surface area contributed by atoms with Gasteiger partial charge < -0.3 is 8.43 Å². The Kier molecular flexibility index (Phi) is 4.22. The monoisotopic (exact) mass is 496 g/mol. The van der Waals surface area contributed by atoms with Gasteiger partial charge in [-0.25, -0.2) is 9.97 Å². The van der Waals surface area contributed by atoms with Crippen molar-refractivity contribution in [2.45, 2.75) is 18.3 Å². The number of aromatic nitrogens is 2. The summed E-state index contributed by atoms with van der Waals surface area (Å²) in [6.45, 7) is 1.58. The lowest BCUT2D eigenvalue weighted by Crippen LogP contribution is -2.42. The maximum atomic E-state index is 9.86. The molecule has 4 rings (SSSR count). The molecule has 1 fully saturated rings. The summed E-state index contributed by atoms with van der Waals surface area (Å²) in [7, 11) is 0. The Morgan fingerprint density at radius 1 is 1.29 bits per heavy atom. The fraction of sp³-hybridized carbons (Fsp3) is 0.312. The minimum atomic E-state index is -0.432. The van der Waals surface area contributed by atoms with Crippen LogP contribution in [0, 0.1) is 11.3 Å². The quantitative estimate of drug-likeness (QED) is 0.491. The molecule has 122 valence electrons. The summed E-state index contributed by atoms with van der Waals surface area (Å²) in [6, 6.07) is 10.7. The minimum Gasteiger partial charge on any atom is -0.355 e. The molecule has 0 aliphatic carbocycles. The lowest BCUT2D eigenvalue weighted by molar-refractivity contribution is 0.414. The molecule has 0 bridgehead atoms. The van der Waals surface area contributed by atoms with Gasteiger partial charge in [0.1, 0.15) is 27.6 Å². The number of nitrogens with one attached hydrogen (secondary N) is 1. The van der Waals surface area contributed by atoms with Crippen molar-refractivity contribution < 1.29 is 0 Å². The molecule has 8 heteroatoms. The Hall–Kier alpha value is -1.60. The molecule has 0 unspecified atom stereocenters. The third-order valence-electron chi connectivity index (χ3n) is 4.57. The van der Waals surface area contributed by atoms with E-state index in [1.807, 2.05) is 12.1 Å². The predicted molar refractivity (Wildman–Crippen MR) is 105 cm³/mol. The van der Waals surface area contributed by atoms with Crippen molar-refractivity contribution in [1.82, 2.24) is 9.97 Å². The molecular formula is C16H14BrIN6. The van der Waals surface area contributed by atoms with E-state index < -0.39 is 26.7 Å². The zero-order valence-corrected chi connectivity index (χ0v) is 16.5. The van der Waals surface area contributed by atoms with Crippen LogP contribution >= 0.6 is 37.2 Å². The smallest absolute Gasteiger partial charge is 0.167 e. The van der Waals surface area contributed by atoms with E-state index >= 15 is 0 Å². The number of fused-ring (bicyclic) bond motifs is 1. The van der Waals surface area contributed by atoms with Gasteiger partial charge in [-0.2, -0.15) is 8.41 Å². The molecule has 0 spiro atoms. The fourth-order valence-electron chi connectivity index (χ4n) is 3.20. The van der Waals surface area contributed by atoms with Gasteiger partial charge in [0.05, 0.1) is 11.5 Å². The van der Waals surface area contributed by atoms with Crippen LogP contribution < -0.4 is 8.43 Å². The van der Waals surface area contributed by atoms with Gasteiger partial charge in [0, 0.05) is 17.6 Å². The number of hydrogen-bond donors (Lipinski definition) is 1. The number of benzene rings is 1. The molecule has 1 aromatic heterocycles. The van der Waals surface area contributed by atoms with E-state index in [9.17, 15) is 5.26 Å². The first-order chi connectivity index (χ1) is 11.7. The van der Waals surface area contributed by atoms with E-state index in [0.29, 0.717) is 0 Å². The van der Waals surface area contributed by atoms with Gasteiger partial charge >= 0.3 is 0 Å². The van der Waals surface area contributed by atoms with E-state index in [2.05, 4.69) is 55.7 Å². The largest absolute Gasteiger partial charge is 0.355 e. The van der Waals surface area contributed by atoms with Crippen LogP contribution in [0.5, 0.6) is 0 Å². The summed E-state index contributed by atoms with van der Waals surface area (Å²) >= 11 is 3.11. The van der Waals surface area contributed by atoms with E-state index in [-0.39, 0.29) is 0 Å². The second kappa shape index (κ2) is 6.37. The minimum absolute atomic E-state index is 0.402. The summed E-state index contributed by atoms with van der Waals surface area (Å²) in [5, 5.41) is 9.86. The number of piperidine rings is 1. The molecule has 1 aromatic carbocycles. The van der Waals surface area contributed by atoms with E-state index in [4.69, 9.17) is 0 Å². The topological polar surface area (TPSA) is 77.2 Å². The van der Waals surface area contributed by atoms with Crippen LogP contribution in [-0.2, 0) is 5.41 Å². The van der Waals surface area contributed by atoms with Crippen molar-refractivity contribution in [2.75, 3.05) is 21.5 Å². The van der Waals surface area contributed by atoms with Crippen molar-refractivity contribution in [3.05, 3.63) is 40.6 Å². The van der Waals surface area contributed by atoms with Crippen molar-refractivity contribution in [2.24, 2.45) is 3.15 Å². The van der Waals surface area contributed by atoms with E-state index in [1.54, 1.807) is 6.33 Å². The average Bonchev–Trinajstić information content (AvgIpc) is 3.10. The van der Waals surface area contributed by atoms with Crippen LogP contribution in [0.2, 0.25) is 0 Å². The normalized spacial score (nSPS) is 18.2. The SMILES string of the molecule is N#CC1(c2cccc(Br)c2)CCN(c2ncnc3c2N=IN3)CC1. The highest BCUT2D eigenvalue weighted by atomic mass is 127. The molecular weight excluding hydrogens is 483 g/mol. The summed E-state index contributed by atoms with van der Waals surface area (Å²) in [6.07, 6.45) is 3.15. The van der Waals surface area contributed by atoms with Crippen LogP contribution in [0.25, 0.3) is 0 Å². The summed E-state index contributed by atoms with van der Waals surface area (Å²) in [5.41, 5.74) is 1.54. The molecule has 6 nitrogen and oxygen atoms in total. The van der Waals surface area contributed by atoms with Crippen molar-refractivity contribution in [3.63, 3.8) is 0 Å². The molecule has 24 heavy (non-hydrogen) atoms. The highest BCUT2D eigenvalue weighted by Crippen LogP contribution is 2.43. The Balaban J connectivity index is 1.60. The van der Waals surface area contributed by atoms with Gasteiger partial charge in [0.25, 0.3) is 0 Å². The summed E-state index contributed by atoms with van der Waals surface area (Å²) in [5.74, 6) is 1.74. The van der Waals surface area contributed by atoms with Crippen molar-refractivity contribution >= 4 is 54.6 Å². The van der Waals surface area contributed by atoms with Gasteiger partial charge in [-0.1, -0.05) is 28.1 Å². The van der Waals surface area contributed by atoms with Gasteiger partial charge in [-0.15, -0.1) is 0 Å². The number of nitriles is 1. The molecule has 3 heterocycles. The standard InChI is InChI=1S/C16H14BrIN6/c17-12-3-1-2-11(8-12)16(9-19)4-6-24(7-5-16)15-13-14(20-10-21-15)23-18-22-13/h1-3,8,10H,4-7H2,(H,20,21,22,23). The van der Waals surface area contributed by atoms with Crippen LogP contribution in [0.4, 0.5) is 17.3 Å². The third-order valence-corrected chi connectivity index (χ3v) is 6.54. The Morgan fingerprint density at radius 2 is 2.12 bits per heavy atom. The van der Waals surface area contributed by atoms with E-state index in [0.717, 1.165) is 53.3 Å². The first-order valence-corrected chi connectivity index (χ1v) is 10.4. The Morgan fingerprint density at radius 3 is 2.88 bits per heavy atom. The number of nitrogens with zero attached hydrogens (tertiary/aromatic N) is 5. The van der Waals surface area contributed by atoms with Crippen molar-refractivity contribution in [1.29, 1.82) is 5.26 Å². The maximum absolute atomic E-state index is 9.86. The van der Waals surface area contributed by atoms with Crippen LogP contribution in [-0.4, -0.2) is 23.1 Å². The summed E-state index contributed by atoms with van der Waals surface area (Å²) < 4.78 is 8.82. The predicted octanol–water partition coefficient (Wildman–Crippen LogP) is 4.43. The van der Waals surface area contributed by atoms with Gasteiger partial charge in [-0.05, 0) is 30.5 Å². The van der Waals surface area contributed by atoms with Crippen LogP contribution in [0.15, 0.2) is 38.2 Å². The van der Waals surface area contributed by atoms with Gasteiger partial charge in [-0.3, -0.25) is 0 Å². The summed E-state index contributed by atoms with van der Waals surface area (Å²) in [4.78, 5) is 10.9. The molecule has 1 N–H and O–H groups in total. The third kappa shape index (κ3) is 2.69. The molecule has 0 saturated carbocycles. The lowest BCUT2D eigenvalue weighted by atomic mass is 9.74. The number of anilines is 2.